The van der Waals surface area contributed by atoms with Crippen LogP contribution in [0.4, 0.5) is 4.39 Å². The highest BCUT2D eigenvalue weighted by molar-refractivity contribution is 6.06. The number of aliphatic carboxylic acids is 1. The fourth-order valence-electron chi connectivity index (χ4n) is 6.09. The monoisotopic (exact) mass is 628 g/mol. The molecule has 1 fully saturated rings. The summed E-state index contributed by atoms with van der Waals surface area (Å²) in [6.45, 7) is 9.75. The molecule has 242 valence electrons. The lowest BCUT2D eigenvalue weighted by atomic mass is 9.94. The summed E-state index contributed by atoms with van der Waals surface area (Å²) >= 11 is 0. The van der Waals surface area contributed by atoms with Gasteiger partial charge in [-0.1, -0.05) is 48.5 Å². The van der Waals surface area contributed by atoms with Crippen molar-refractivity contribution < 1.29 is 28.6 Å². The number of nitrogens with zero attached hydrogens (tertiary/aromatic N) is 3. The fourth-order valence-corrected chi connectivity index (χ4v) is 6.09. The van der Waals surface area contributed by atoms with Gasteiger partial charge in [-0.3, -0.25) is 14.3 Å². The van der Waals surface area contributed by atoms with E-state index in [1.54, 1.807) is 30.7 Å². The highest BCUT2D eigenvalue weighted by Gasteiger charge is 2.36. The summed E-state index contributed by atoms with van der Waals surface area (Å²) in [6, 6.07) is 17.7. The highest BCUT2D eigenvalue weighted by atomic mass is 19.1. The Kier molecular flexibility index (Phi) is 9.60. The third-order valence-corrected chi connectivity index (χ3v) is 8.02. The van der Waals surface area contributed by atoms with E-state index in [2.05, 4.69) is 10.4 Å². The Labute approximate surface area is 268 Å². The van der Waals surface area contributed by atoms with Crippen molar-refractivity contribution in [3.8, 4) is 22.3 Å². The number of amides is 1. The smallest absolute Gasteiger partial charge is 0.305 e. The average molecular weight is 629 g/mol. The normalized spacial score (nSPS) is 17.9. The van der Waals surface area contributed by atoms with Crippen LogP contribution in [0.15, 0.2) is 66.7 Å². The van der Waals surface area contributed by atoms with Gasteiger partial charge in [0.25, 0.3) is 5.91 Å². The number of carbonyl (C=O) groups is 2. The number of carboxylic acid groups (broad SMARTS) is 1. The fraction of sp³-hybridized carbons (Fsp3) is 0.361. The van der Waals surface area contributed by atoms with Crippen LogP contribution in [0, 0.1) is 12.7 Å². The molecule has 0 saturated carbocycles. The molecule has 1 saturated heterocycles. The molecule has 0 spiro atoms. The van der Waals surface area contributed by atoms with E-state index in [4.69, 9.17) is 9.47 Å². The van der Waals surface area contributed by atoms with Crippen molar-refractivity contribution in [2.45, 2.75) is 78.0 Å². The molecule has 4 aromatic rings. The molecular formula is C36H41FN4O5. The van der Waals surface area contributed by atoms with Gasteiger partial charge in [0.05, 0.1) is 30.9 Å². The van der Waals surface area contributed by atoms with Gasteiger partial charge in [0.15, 0.2) is 5.79 Å². The Morgan fingerprint density at radius 1 is 1.09 bits per heavy atom. The lowest BCUT2D eigenvalue weighted by molar-refractivity contribution is -0.290. The van der Waals surface area contributed by atoms with Crippen molar-refractivity contribution in [2.24, 2.45) is 7.05 Å². The predicted octanol–water partition coefficient (Wildman–Crippen LogP) is 6.91. The first-order valence-corrected chi connectivity index (χ1v) is 15.5. The SMILES string of the molecule is Cc1cc(CNC(=O)c2c(-c3ccccc3)c(-c3ccc(F)cc3)c(C=C[C@@H]3C[C@H](CC(=O)O)OC(C)(C)O3)n2C(C)C)nn1C. The lowest BCUT2D eigenvalue weighted by Gasteiger charge is -2.39. The van der Waals surface area contributed by atoms with Crippen LogP contribution < -0.4 is 5.32 Å². The van der Waals surface area contributed by atoms with Crippen LogP contribution in [0.5, 0.6) is 0 Å². The Balaban J connectivity index is 1.68. The first-order valence-electron chi connectivity index (χ1n) is 15.5. The molecule has 0 bridgehead atoms. The van der Waals surface area contributed by atoms with Crippen LogP contribution in [-0.4, -0.2) is 49.3 Å². The summed E-state index contributed by atoms with van der Waals surface area (Å²) in [5, 5.41) is 17.0. The quantitative estimate of drug-likeness (QED) is 0.198. The standard InChI is InChI=1S/C36H41FN4O5/c1-22(2)41-30(17-16-28-19-29(20-31(42)43)46-36(4,5)45-28)32(25-12-14-26(37)15-13-25)33(24-10-8-7-9-11-24)34(41)35(44)38-21-27-18-23(3)40(6)39-27/h7-18,22,28-29H,19-21H2,1-6H3,(H,38,44)(H,42,43)/t28-,29-/m1/s1. The minimum absolute atomic E-state index is 0.140. The first-order chi connectivity index (χ1) is 21.8. The molecule has 5 rings (SSSR count). The molecule has 0 radical (unpaired) electrons. The molecule has 1 amide bonds. The van der Waals surface area contributed by atoms with Crippen LogP contribution in [0.3, 0.4) is 0 Å². The molecule has 2 aromatic heterocycles. The van der Waals surface area contributed by atoms with E-state index in [-0.39, 0.29) is 30.7 Å². The summed E-state index contributed by atoms with van der Waals surface area (Å²) < 4.78 is 30.0. The molecule has 9 nitrogen and oxygen atoms in total. The van der Waals surface area contributed by atoms with Crippen LogP contribution >= 0.6 is 0 Å². The molecule has 1 aliphatic rings. The lowest BCUT2D eigenvalue weighted by Crippen LogP contribution is -2.44. The number of aromatic nitrogens is 3. The van der Waals surface area contributed by atoms with Crippen molar-refractivity contribution in [3.63, 3.8) is 0 Å². The maximum absolute atomic E-state index is 14.3. The summed E-state index contributed by atoms with van der Waals surface area (Å²) in [5.74, 6) is -2.57. The Morgan fingerprint density at radius 2 is 1.76 bits per heavy atom. The van der Waals surface area contributed by atoms with E-state index in [0.29, 0.717) is 17.7 Å². The molecule has 2 N–H and O–H groups in total. The number of nitrogens with one attached hydrogen (secondary N) is 1. The number of hydrogen-bond donors (Lipinski definition) is 2. The topological polar surface area (TPSA) is 108 Å². The molecule has 0 aliphatic carbocycles. The number of halogens is 1. The highest BCUT2D eigenvalue weighted by Crippen LogP contribution is 2.43. The zero-order valence-corrected chi connectivity index (χ0v) is 27.1. The second kappa shape index (κ2) is 13.4. The van der Waals surface area contributed by atoms with Gasteiger partial charge in [-0.05, 0) is 70.0 Å². The average Bonchev–Trinajstić information content (AvgIpc) is 3.50. The van der Waals surface area contributed by atoms with Crippen molar-refractivity contribution in [3.05, 3.63) is 95.3 Å². The van der Waals surface area contributed by atoms with Crippen molar-refractivity contribution >= 4 is 18.0 Å². The van der Waals surface area contributed by atoms with E-state index in [0.717, 1.165) is 33.8 Å². The van der Waals surface area contributed by atoms with Gasteiger partial charge in [0, 0.05) is 42.0 Å². The summed E-state index contributed by atoms with van der Waals surface area (Å²) in [7, 11) is 1.86. The molecule has 46 heavy (non-hydrogen) atoms. The maximum atomic E-state index is 14.3. The van der Waals surface area contributed by atoms with Crippen LogP contribution in [-0.2, 0) is 27.9 Å². The molecular weight excluding hydrogens is 587 g/mol. The van der Waals surface area contributed by atoms with Gasteiger partial charge in [-0.15, -0.1) is 0 Å². The predicted molar refractivity (Wildman–Crippen MR) is 174 cm³/mol. The maximum Gasteiger partial charge on any atom is 0.305 e. The van der Waals surface area contributed by atoms with Crippen LogP contribution in [0.1, 0.15) is 74.1 Å². The van der Waals surface area contributed by atoms with E-state index in [1.807, 2.05) is 80.9 Å². The summed E-state index contributed by atoms with van der Waals surface area (Å²) in [4.78, 5) is 25.8. The van der Waals surface area contributed by atoms with E-state index >= 15 is 0 Å². The van der Waals surface area contributed by atoms with Crippen LogP contribution in [0.25, 0.3) is 28.3 Å². The molecule has 3 heterocycles. The third kappa shape index (κ3) is 7.29. The van der Waals surface area contributed by atoms with Gasteiger partial charge in [-0.25, -0.2) is 4.39 Å². The van der Waals surface area contributed by atoms with Gasteiger partial charge < -0.3 is 24.5 Å². The number of ether oxygens (including phenoxy) is 2. The summed E-state index contributed by atoms with van der Waals surface area (Å²) in [5.41, 5.74) is 5.98. The van der Waals surface area contributed by atoms with Crippen molar-refractivity contribution in [2.75, 3.05) is 0 Å². The van der Waals surface area contributed by atoms with E-state index in [1.165, 1.54) is 12.1 Å². The number of benzene rings is 2. The van der Waals surface area contributed by atoms with Crippen molar-refractivity contribution in [1.82, 2.24) is 19.7 Å². The number of carbonyl (C=O) groups excluding carboxylic acids is 1. The minimum Gasteiger partial charge on any atom is -0.481 e. The number of rotatable bonds is 10. The second-order valence-corrected chi connectivity index (χ2v) is 12.4. The number of carboxylic acids is 1. The second-order valence-electron chi connectivity index (χ2n) is 12.4. The van der Waals surface area contributed by atoms with Crippen molar-refractivity contribution in [1.29, 1.82) is 0 Å². The van der Waals surface area contributed by atoms with Gasteiger partial charge >= 0.3 is 5.97 Å². The third-order valence-electron chi connectivity index (χ3n) is 8.02. The zero-order chi connectivity index (χ0) is 33.2. The Hall–Kier alpha value is -4.54. The van der Waals surface area contributed by atoms with E-state index in [9.17, 15) is 19.1 Å². The Bertz CT molecular complexity index is 1720. The van der Waals surface area contributed by atoms with Crippen LogP contribution in [0.2, 0.25) is 0 Å². The Morgan fingerprint density at radius 3 is 2.37 bits per heavy atom. The van der Waals surface area contributed by atoms with Gasteiger partial charge in [-0.2, -0.15) is 5.10 Å². The molecule has 10 heteroatoms. The van der Waals surface area contributed by atoms with Gasteiger partial charge in [0.2, 0.25) is 0 Å². The number of aryl methyl sites for hydroxylation is 2. The molecule has 0 unspecified atom stereocenters. The first kappa shape index (κ1) is 32.8. The summed E-state index contributed by atoms with van der Waals surface area (Å²) in [6.07, 6.45) is 3.05. The minimum atomic E-state index is -0.989. The zero-order valence-electron chi connectivity index (χ0n) is 27.1. The molecule has 1 aliphatic heterocycles. The largest absolute Gasteiger partial charge is 0.481 e. The molecule has 2 aromatic carbocycles. The van der Waals surface area contributed by atoms with Gasteiger partial charge in [0.1, 0.15) is 11.5 Å². The number of hydrogen-bond acceptors (Lipinski definition) is 5. The van der Waals surface area contributed by atoms with E-state index < -0.39 is 24.0 Å². The molecule has 2 atom stereocenters.